The summed E-state index contributed by atoms with van der Waals surface area (Å²) in [6, 6.07) is 6.61. The maximum atomic E-state index is 12.5. The van der Waals surface area contributed by atoms with Crippen molar-refractivity contribution in [3.8, 4) is 0 Å². The highest BCUT2D eigenvalue weighted by Gasteiger charge is 2.29. The van der Waals surface area contributed by atoms with Crippen molar-refractivity contribution in [3.63, 3.8) is 0 Å². The highest BCUT2D eigenvalue weighted by molar-refractivity contribution is 7.91. The molecule has 134 valence electrons. The number of carbonyl (C=O) groups excluding carboxylic acids is 1. The molecule has 2 aromatic rings. The van der Waals surface area contributed by atoms with Crippen LogP contribution in [0.4, 0.5) is 0 Å². The second-order valence-electron chi connectivity index (χ2n) is 6.68. The molecule has 8 heteroatoms. The number of hydrogen-bond acceptors (Lipinski definition) is 5. The van der Waals surface area contributed by atoms with Crippen molar-refractivity contribution < 1.29 is 13.2 Å². The molecule has 1 fully saturated rings. The number of rotatable bonds is 4. The van der Waals surface area contributed by atoms with Gasteiger partial charge < -0.3 is 5.32 Å². The Hall–Kier alpha value is -2.22. The van der Waals surface area contributed by atoms with E-state index in [9.17, 15) is 18.0 Å². The highest BCUT2D eigenvalue weighted by atomic mass is 32.2. The molecule has 3 rings (SSSR count). The van der Waals surface area contributed by atoms with Gasteiger partial charge in [-0.1, -0.05) is 18.2 Å². The standard InChI is InChI=1S/C17H21N3O4S/c1-11(2)20-17(22)14-6-4-3-5-13(14)15(19-20)9-16(21)18-12-7-8-25(23,24)10-12/h3-6,11-12H,7-10H2,1-2H3,(H,18,21). The topological polar surface area (TPSA) is 98.1 Å². The second kappa shape index (κ2) is 6.59. The average molecular weight is 363 g/mol. The minimum absolute atomic E-state index is 0.00403. The number of amides is 1. The van der Waals surface area contributed by atoms with Gasteiger partial charge in [-0.05, 0) is 26.3 Å². The van der Waals surface area contributed by atoms with Crippen LogP contribution in [0.3, 0.4) is 0 Å². The monoisotopic (exact) mass is 363 g/mol. The van der Waals surface area contributed by atoms with Crippen LogP contribution < -0.4 is 10.9 Å². The molecule has 1 aliphatic rings. The fourth-order valence-corrected chi connectivity index (χ4v) is 4.77. The number of nitrogens with zero attached hydrogens (tertiary/aromatic N) is 2. The molecule has 0 spiro atoms. The molecule has 1 amide bonds. The molecule has 0 radical (unpaired) electrons. The molecule has 0 saturated carbocycles. The summed E-state index contributed by atoms with van der Waals surface area (Å²) in [6.07, 6.45) is 0.442. The molecule has 1 aromatic heterocycles. The summed E-state index contributed by atoms with van der Waals surface area (Å²) in [5.41, 5.74) is 0.332. The van der Waals surface area contributed by atoms with Crippen molar-refractivity contribution in [1.82, 2.24) is 15.1 Å². The van der Waals surface area contributed by atoms with Crippen LogP contribution in [0.5, 0.6) is 0 Å². The van der Waals surface area contributed by atoms with E-state index in [0.717, 1.165) is 0 Å². The summed E-state index contributed by atoms with van der Waals surface area (Å²) >= 11 is 0. The summed E-state index contributed by atoms with van der Waals surface area (Å²) in [6.45, 7) is 3.72. The molecule has 1 unspecified atom stereocenters. The van der Waals surface area contributed by atoms with Gasteiger partial charge in [0.2, 0.25) is 5.91 Å². The third-order valence-corrected chi connectivity index (χ3v) is 6.09. The quantitative estimate of drug-likeness (QED) is 0.867. The summed E-state index contributed by atoms with van der Waals surface area (Å²) < 4.78 is 24.4. The molecule has 7 nitrogen and oxygen atoms in total. The molecule has 2 heterocycles. The van der Waals surface area contributed by atoms with Gasteiger partial charge in [-0.25, -0.2) is 13.1 Å². The molecule has 1 saturated heterocycles. The van der Waals surface area contributed by atoms with Crippen molar-refractivity contribution >= 4 is 26.5 Å². The van der Waals surface area contributed by atoms with Crippen LogP contribution in [0, 0.1) is 0 Å². The van der Waals surface area contributed by atoms with Crippen molar-refractivity contribution in [2.45, 2.75) is 38.8 Å². The lowest BCUT2D eigenvalue weighted by molar-refractivity contribution is -0.121. The Labute approximate surface area is 146 Å². The van der Waals surface area contributed by atoms with Gasteiger partial charge in [0.1, 0.15) is 0 Å². The number of aromatic nitrogens is 2. The first-order valence-electron chi connectivity index (χ1n) is 8.27. The number of carbonyl (C=O) groups is 1. The van der Waals surface area contributed by atoms with Crippen molar-refractivity contribution in [3.05, 3.63) is 40.3 Å². The first-order chi connectivity index (χ1) is 11.8. The molecule has 1 atom stereocenters. The van der Waals surface area contributed by atoms with Gasteiger partial charge in [0.05, 0.1) is 35.0 Å². The van der Waals surface area contributed by atoms with Crippen molar-refractivity contribution in [2.24, 2.45) is 0 Å². The fourth-order valence-electron chi connectivity index (χ4n) is 3.09. The Morgan fingerprint density at radius 3 is 2.60 bits per heavy atom. The van der Waals surface area contributed by atoms with E-state index >= 15 is 0 Å². The van der Waals surface area contributed by atoms with Crippen LogP contribution in [0.2, 0.25) is 0 Å². The molecule has 1 aromatic carbocycles. The third kappa shape index (κ3) is 3.73. The van der Waals surface area contributed by atoms with Gasteiger partial charge in [-0.2, -0.15) is 5.10 Å². The lowest BCUT2D eigenvalue weighted by Gasteiger charge is -2.15. The lowest BCUT2D eigenvalue weighted by Crippen LogP contribution is -2.37. The predicted molar refractivity (Wildman–Crippen MR) is 95.3 cm³/mol. The Morgan fingerprint density at radius 1 is 1.32 bits per heavy atom. The molecular weight excluding hydrogens is 342 g/mol. The van der Waals surface area contributed by atoms with Gasteiger partial charge in [0, 0.05) is 11.4 Å². The van der Waals surface area contributed by atoms with Crippen LogP contribution >= 0.6 is 0 Å². The zero-order valence-corrected chi connectivity index (χ0v) is 15.0. The van der Waals surface area contributed by atoms with Crippen molar-refractivity contribution in [1.29, 1.82) is 0 Å². The summed E-state index contributed by atoms with van der Waals surface area (Å²) in [7, 11) is -3.05. The summed E-state index contributed by atoms with van der Waals surface area (Å²) in [4.78, 5) is 24.8. The van der Waals surface area contributed by atoms with Gasteiger partial charge in [0.25, 0.3) is 5.56 Å². The summed E-state index contributed by atoms with van der Waals surface area (Å²) in [5.74, 6) is -0.191. The second-order valence-corrected chi connectivity index (χ2v) is 8.91. The molecule has 1 N–H and O–H groups in total. The zero-order chi connectivity index (χ0) is 18.2. The maximum absolute atomic E-state index is 12.5. The maximum Gasteiger partial charge on any atom is 0.274 e. The van der Waals surface area contributed by atoms with Crippen LogP contribution in [-0.2, 0) is 21.1 Å². The van der Waals surface area contributed by atoms with E-state index in [2.05, 4.69) is 10.4 Å². The van der Waals surface area contributed by atoms with Crippen molar-refractivity contribution in [2.75, 3.05) is 11.5 Å². The Kier molecular flexibility index (Phi) is 4.64. The average Bonchev–Trinajstić information content (AvgIpc) is 2.88. The largest absolute Gasteiger partial charge is 0.352 e. The van der Waals surface area contributed by atoms with E-state index < -0.39 is 9.84 Å². The Bertz CT molecular complexity index is 979. The van der Waals surface area contributed by atoms with Gasteiger partial charge in [0.15, 0.2) is 9.84 Å². The first kappa shape index (κ1) is 17.6. The predicted octanol–water partition coefficient (Wildman–Crippen LogP) is 0.823. The first-order valence-corrected chi connectivity index (χ1v) is 10.1. The minimum Gasteiger partial charge on any atom is -0.352 e. The number of hydrogen-bond donors (Lipinski definition) is 1. The molecule has 1 aliphatic heterocycles. The molecular formula is C17H21N3O4S. The van der Waals surface area contributed by atoms with Gasteiger partial charge in [-0.3, -0.25) is 9.59 Å². The van der Waals surface area contributed by atoms with Gasteiger partial charge in [-0.15, -0.1) is 0 Å². The van der Waals surface area contributed by atoms with Crippen LogP contribution in [-0.4, -0.2) is 41.7 Å². The number of sulfone groups is 1. The number of fused-ring (bicyclic) bond motifs is 1. The SMILES string of the molecule is CC(C)n1nc(CC(=O)NC2CCS(=O)(=O)C2)c2ccccc2c1=O. The Balaban J connectivity index is 1.89. The highest BCUT2D eigenvalue weighted by Crippen LogP contribution is 2.16. The van der Waals surface area contributed by atoms with Crippen LogP contribution in [0.25, 0.3) is 10.8 Å². The van der Waals surface area contributed by atoms with E-state index in [1.165, 1.54) is 4.68 Å². The van der Waals surface area contributed by atoms with Crippen LogP contribution in [0.1, 0.15) is 32.0 Å². The smallest absolute Gasteiger partial charge is 0.274 e. The van der Waals surface area contributed by atoms with E-state index in [-0.39, 0.29) is 41.5 Å². The molecule has 0 bridgehead atoms. The van der Waals surface area contributed by atoms with Gasteiger partial charge >= 0.3 is 0 Å². The molecule has 25 heavy (non-hydrogen) atoms. The van der Waals surface area contributed by atoms with E-state index in [0.29, 0.717) is 22.9 Å². The fraction of sp³-hybridized carbons (Fsp3) is 0.471. The van der Waals surface area contributed by atoms with Crippen LogP contribution in [0.15, 0.2) is 29.1 Å². The van der Waals surface area contributed by atoms with E-state index in [1.54, 1.807) is 24.3 Å². The van der Waals surface area contributed by atoms with E-state index in [1.807, 2.05) is 13.8 Å². The third-order valence-electron chi connectivity index (χ3n) is 4.32. The number of nitrogens with one attached hydrogen (secondary N) is 1. The lowest BCUT2D eigenvalue weighted by atomic mass is 10.1. The number of benzene rings is 1. The molecule has 0 aliphatic carbocycles. The van der Waals surface area contributed by atoms with E-state index in [4.69, 9.17) is 0 Å². The zero-order valence-electron chi connectivity index (χ0n) is 14.2. The summed E-state index contributed by atoms with van der Waals surface area (Å²) in [5, 5.41) is 8.31. The normalized spacial score (nSPS) is 19.4. The Morgan fingerprint density at radius 2 is 2.00 bits per heavy atom. The minimum atomic E-state index is -3.05.